The first-order valence-electron chi connectivity index (χ1n) is 8.26. The Kier molecular flexibility index (Phi) is 4.23. The van der Waals surface area contributed by atoms with Gasteiger partial charge in [-0.1, -0.05) is 30.3 Å². The monoisotopic (exact) mass is 324 g/mol. The van der Waals surface area contributed by atoms with Crippen LogP contribution in [0.15, 0.2) is 48.9 Å². The molecular formula is C18H20N4O2. The molecule has 0 radical (unpaired) electrons. The third kappa shape index (κ3) is 3.02. The molecule has 2 aliphatic rings. The van der Waals surface area contributed by atoms with E-state index in [4.69, 9.17) is 4.74 Å². The highest BCUT2D eigenvalue weighted by atomic mass is 16.5. The number of morpholine rings is 1. The van der Waals surface area contributed by atoms with Crippen LogP contribution in [-0.4, -0.2) is 64.1 Å². The normalized spacial score (nSPS) is 23.9. The van der Waals surface area contributed by atoms with Crippen molar-refractivity contribution < 1.29 is 9.53 Å². The maximum Gasteiger partial charge on any atom is 0.274 e. The zero-order valence-electron chi connectivity index (χ0n) is 13.4. The second kappa shape index (κ2) is 6.67. The molecule has 0 aliphatic carbocycles. The molecule has 2 atom stereocenters. The summed E-state index contributed by atoms with van der Waals surface area (Å²) >= 11 is 0. The fraction of sp³-hybridized carbons (Fsp3) is 0.389. The van der Waals surface area contributed by atoms with Gasteiger partial charge in [0.05, 0.1) is 24.9 Å². The molecule has 3 heterocycles. The number of rotatable bonds is 3. The van der Waals surface area contributed by atoms with Crippen molar-refractivity contribution in [2.45, 2.75) is 18.7 Å². The number of nitrogens with zero attached hydrogens (tertiary/aromatic N) is 4. The van der Waals surface area contributed by atoms with Crippen LogP contribution in [0.1, 0.15) is 16.1 Å². The molecular weight excluding hydrogens is 304 g/mol. The van der Waals surface area contributed by atoms with Gasteiger partial charge in [-0.15, -0.1) is 0 Å². The van der Waals surface area contributed by atoms with Crippen LogP contribution in [0.5, 0.6) is 0 Å². The van der Waals surface area contributed by atoms with E-state index < -0.39 is 0 Å². The fourth-order valence-corrected chi connectivity index (χ4v) is 3.51. The summed E-state index contributed by atoms with van der Waals surface area (Å²) in [6, 6.07) is 10.7. The topological polar surface area (TPSA) is 58.6 Å². The van der Waals surface area contributed by atoms with Crippen molar-refractivity contribution in [1.82, 2.24) is 19.8 Å². The summed E-state index contributed by atoms with van der Waals surface area (Å²) in [4.78, 5) is 25.0. The SMILES string of the molecule is O=C(c1cnccn1)N1C[C@@H]2OCCN(Cc3ccccc3)[C@@H]2C1. The number of hydrogen-bond acceptors (Lipinski definition) is 5. The Balaban J connectivity index is 1.47. The zero-order chi connectivity index (χ0) is 16.4. The van der Waals surface area contributed by atoms with Crippen LogP contribution in [0.2, 0.25) is 0 Å². The number of ether oxygens (including phenoxy) is 1. The molecule has 2 saturated heterocycles. The van der Waals surface area contributed by atoms with Gasteiger partial charge in [0.2, 0.25) is 0 Å². The molecule has 6 heteroatoms. The summed E-state index contributed by atoms with van der Waals surface area (Å²) < 4.78 is 5.91. The predicted molar refractivity (Wildman–Crippen MR) is 88.3 cm³/mol. The van der Waals surface area contributed by atoms with Gasteiger partial charge in [0.15, 0.2) is 0 Å². The maximum absolute atomic E-state index is 12.6. The lowest BCUT2D eigenvalue weighted by molar-refractivity contribution is -0.0503. The van der Waals surface area contributed by atoms with Crippen molar-refractivity contribution in [1.29, 1.82) is 0 Å². The van der Waals surface area contributed by atoms with Gasteiger partial charge in [0, 0.05) is 38.6 Å². The second-order valence-corrected chi connectivity index (χ2v) is 6.23. The van der Waals surface area contributed by atoms with Gasteiger partial charge in [-0.3, -0.25) is 14.7 Å². The third-order valence-electron chi connectivity index (χ3n) is 4.71. The Bertz CT molecular complexity index is 695. The van der Waals surface area contributed by atoms with Gasteiger partial charge in [-0.2, -0.15) is 0 Å². The van der Waals surface area contributed by atoms with Crippen LogP contribution in [0.25, 0.3) is 0 Å². The molecule has 1 aromatic heterocycles. The van der Waals surface area contributed by atoms with E-state index in [2.05, 4.69) is 39.1 Å². The first-order chi connectivity index (χ1) is 11.8. The molecule has 0 N–H and O–H groups in total. The molecule has 1 aromatic carbocycles. The third-order valence-corrected chi connectivity index (χ3v) is 4.71. The molecule has 0 bridgehead atoms. The van der Waals surface area contributed by atoms with Crippen LogP contribution in [0.3, 0.4) is 0 Å². The highest BCUT2D eigenvalue weighted by molar-refractivity contribution is 5.92. The van der Waals surface area contributed by atoms with Gasteiger partial charge in [-0.05, 0) is 5.56 Å². The number of likely N-dealkylation sites (tertiary alicyclic amines) is 1. The van der Waals surface area contributed by atoms with E-state index in [1.165, 1.54) is 11.8 Å². The number of carbonyl (C=O) groups is 1. The minimum atomic E-state index is -0.0687. The molecule has 24 heavy (non-hydrogen) atoms. The molecule has 1 amide bonds. The first-order valence-corrected chi connectivity index (χ1v) is 8.26. The lowest BCUT2D eigenvalue weighted by Crippen LogP contribution is -2.50. The highest BCUT2D eigenvalue weighted by Gasteiger charge is 2.42. The van der Waals surface area contributed by atoms with Crippen LogP contribution < -0.4 is 0 Å². The Hall–Kier alpha value is -2.31. The van der Waals surface area contributed by atoms with E-state index in [1.807, 2.05) is 11.0 Å². The largest absolute Gasteiger partial charge is 0.373 e. The lowest BCUT2D eigenvalue weighted by atomic mass is 10.1. The van der Waals surface area contributed by atoms with Gasteiger partial charge < -0.3 is 9.64 Å². The fourth-order valence-electron chi connectivity index (χ4n) is 3.51. The summed E-state index contributed by atoms with van der Waals surface area (Å²) in [6.45, 7) is 3.78. The van der Waals surface area contributed by atoms with Crippen molar-refractivity contribution in [2.24, 2.45) is 0 Å². The van der Waals surface area contributed by atoms with Crippen LogP contribution >= 0.6 is 0 Å². The molecule has 4 rings (SSSR count). The molecule has 2 fully saturated rings. The minimum absolute atomic E-state index is 0.0687. The standard InChI is InChI=1S/C18H20N4O2/c23-18(15-10-19-6-7-20-15)22-12-16-17(13-22)24-9-8-21(16)11-14-4-2-1-3-5-14/h1-7,10,16-17H,8-9,11-13H2/t16-,17+/m1/s1. The number of benzene rings is 1. The molecule has 6 nitrogen and oxygen atoms in total. The van der Waals surface area contributed by atoms with Gasteiger partial charge in [0.1, 0.15) is 5.69 Å². The predicted octanol–water partition coefficient (Wildman–Crippen LogP) is 1.20. The number of fused-ring (bicyclic) bond motifs is 1. The van der Waals surface area contributed by atoms with Gasteiger partial charge in [0.25, 0.3) is 5.91 Å². The summed E-state index contributed by atoms with van der Waals surface area (Å²) in [5.41, 5.74) is 1.68. The number of carbonyl (C=O) groups excluding carboxylic acids is 1. The van der Waals surface area contributed by atoms with Crippen LogP contribution in [0.4, 0.5) is 0 Å². The van der Waals surface area contributed by atoms with E-state index in [0.717, 1.165) is 13.1 Å². The molecule has 124 valence electrons. The number of hydrogen-bond donors (Lipinski definition) is 0. The quantitative estimate of drug-likeness (QED) is 0.849. The van der Waals surface area contributed by atoms with Crippen molar-refractivity contribution in [3.8, 4) is 0 Å². The second-order valence-electron chi connectivity index (χ2n) is 6.23. The van der Waals surface area contributed by atoms with Crippen LogP contribution in [0, 0.1) is 0 Å². The Morgan fingerprint density at radius 2 is 2.08 bits per heavy atom. The Morgan fingerprint density at radius 3 is 2.88 bits per heavy atom. The van der Waals surface area contributed by atoms with Crippen molar-refractivity contribution in [3.63, 3.8) is 0 Å². The zero-order valence-corrected chi connectivity index (χ0v) is 13.4. The van der Waals surface area contributed by atoms with Crippen LogP contribution in [-0.2, 0) is 11.3 Å². The van der Waals surface area contributed by atoms with Crippen molar-refractivity contribution in [3.05, 3.63) is 60.2 Å². The number of amides is 1. The molecule has 0 saturated carbocycles. The van der Waals surface area contributed by atoms with E-state index in [9.17, 15) is 4.79 Å². The van der Waals surface area contributed by atoms with E-state index in [0.29, 0.717) is 25.4 Å². The number of aromatic nitrogens is 2. The molecule has 2 aliphatic heterocycles. The van der Waals surface area contributed by atoms with E-state index in [1.54, 1.807) is 12.4 Å². The molecule has 2 aromatic rings. The smallest absolute Gasteiger partial charge is 0.274 e. The summed E-state index contributed by atoms with van der Waals surface area (Å²) in [5, 5.41) is 0. The summed E-state index contributed by atoms with van der Waals surface area (Å²) in [7, 11) is 0. The first kappa shape index (κ1) is 15.2. The lowest BCUT2D eigenvalue weighted by Gasteiger charge is -2.36. The van der Waals surface area contributed by atoms with Gasteiger partial charge in [-0.25, -0.2) is 4.98 Å². The Labute approximate surface area is 141 Å². The van der Waals surface area contributed by atoms with Gasteiger partial charge >= 0.3 is 0 Å². The minimum Gasteiger partial charge on any atom is -0.373 e. The summed E-state index contributed by atoms with van der Waals surface area (Å²) in [5.74, 6) is -0.0687. The average molecular weight is 324 g/mol. The van der Waals surface area contributed by atoms with E-state index in [-0.39, 0.29) is 18.1 Å². The molecule has 0 unspecified atom stereocenters. The van der Waals surface area contributed by atoms with Crippen molar-refractivity contribution in [2.75, 3.05) is 26.2 Å². The summed E-state index contributed by atoms with van der Waals surface area (Å²) in [6.07, 6.45) is 4.72. The van der Waals surface area contributed by atoms with Crippen molar-refractivity contribution >= 4 is 5.91 Å². The molecule has 0 spiro atoms. The Morgan fingerprint density at radius 1 is 1.21 bits per heavy atom. The average Bonchev–Trinajstić information content (AvgIpc) is 3.08. The maximum atomic E-state index is 12.6. The highest BCUT2D eigenvalue weighted by Crippen LogP contribution is 2.25. The van der Waals surface area contributed by atoms with E-state index >= 15 is 0 Å².